The van der Waals surface area contributed by atoms with Crippen LogP contribution in [0.3, 0.4) is 0 Å². The van der Waals surface area contributed by atoms with Crippen molar-refractivity contribution < 1.29 is 18.4 Å². The highest BCUT2D eigenvalue weighted by Gasteiger charge is 2.29. The highest BCUT2D eigenvalue weighted by Crippen LogP contribution is 2.26. The number of nitrogens with two attached hydrogens (primary N) is 1. The van der Waals surface area contributed by atoms with E-state index in [1.807, 2.05) is 0 Å². The zero-order valence-corrected chi connectivity index (χ0v) is 12.0. The van der Waals surface area contributed by atoms with Crippen LogP contribution < -0.4 is 10.5 Å². The van der Waals surface area contributed by atoms with E-state index in [2.05, 4.69) is 4.72 Å². The molecule has 0 bridgehead atoms. The molecule has 116 valence electrons. The Kier molecular flexibility index (Phi) is 4.45. The molecule has 1 aliphatic rings. The number of hydrogen-bond acceptors (Lipinski definition) is 6. The van der Waals surface area contributed by atoms with E-state index >= 15 is 0 Å². The lowest BCUT2D eigenvalue weighted by Gasteiger charge is -2.28. The Morgan fingerprint density at radius 3 is 2.57 bits per heavy atom. The first-order valence-electron chi connectivity index (χ1n) is 6.55. The Bertz CT molecular complexity index is 646. The van der Waals surface area contributed by atoms with Crippen LogP contribution >= 0.6 is 0 Å². The number of non-ortho nitro benzene ring substituents is 1. The van der Waals surface area contributed by atoms with Gasteiger partial charge in [-0.25, -0.2) is 13.1 Å². The molecule has 1 aliphatic carbocycles. The van der Waals surface area contributed by atoms with Crippen LogP contribution in [-0.4, -0.2) is 30.6 Å². The largest absolute Gasteiger partial charge is 0.397 e. The number of aliphatic hydroxyl groups is 1. The summed E-state index contributed by atoms with van der Waals surface area (Å²) in [6.07, 6.45) is 2.06. The molecule has 0 spiro atoms. The summed E-state index contributed by atoms with van der Waals surface area (Å²) in [6, 6.07) is 2.64. The average Bonchev–Trinajstić information content (AvgIpc) is 2.40. The summed E-state index contributed by atoms with van der Waals surface area (Å²) in [7, 11) is -3.92. The molecule has 2 rings (SSSR count). The van der Waals surface area contributed by atoms with E-state index in [1.54, 1.807) is 0 Å². The van der Waals surface area contributed by atoms with Crippen LogP contribution in [0.2, 0.25) is 0 Å². The first-order valence-corrected chi connectivity index (χ1v) is 8.04. The molecule has 4 N–H and O–H groups in total. The maximum Gasteiger partial charge on any atom is 0.271 e. The number of anilines is 1. The van der Waals surface area contributed by atoms with Crippen molar-refractivity contribution >= 4 is 21.4 Å². The van der Waals surface area contributed by atoms with Gasteiger partial charge in [-0.15, -0.1) is 0 Å². The molecule has 2 unspecified atom stereocenters. The van der Waals surface area contributed by atoms with Gasteiger partial charge >= 0.3 is 0 Å². The number of nitrogens with zero attached hydrogens (tertiary/aromatic N) is 1. The highest BCUT2D eigenvalue weighted by atomic mass is 32.2. The standard InChI is InChI=1S/C12H17N3O5S/c13-9-7-8(15(17)18)5-6-12(9)21(19,20)14-10-3-1-2-4-11(10)16/h5-7,10-11,14,16H,1-4,13H2. The number of nitro benzene ring substituents is 1. The Labute approximate surface area is 122 Å². The first kappa shape index (κ1) is 15.7. The zero-order chi connectivity index (χ0) is 15.6. The van der Waals surface area contributed by atoms with Gasteiger partial charge < -0.3 is 10.8 Å². The number of benzene rings is 1. The highest BCUT2D eigenvalue weighted by molar-refractivity contribution is 7.89. The van der Waals surface area contributed by atoms with E-state index in [-0.39, 0.29) is 16.3 Å². The van der Waals surface area contributed by atoms with Crippen molar-refractivity contribution in [3.63, 3.8) is 0 Å². The lowest BCUT2D eigenvalue weighted by molar-refractivity contribution is -0.384. The predicted molar refractivity (Wildman–Crippen MR) is 76.1 cm³/mol. The second kappa shape index (κ2) is 5.96. The minimum Gasteiger partial charge on any atom is -0.397 e. The number of aliphatic hydroxyl groups excluding tert-OH is 1. The third-order valence-corrected chi connectivity index (χ3v) is 5.09. The van der Waals surface area contributed by atoms with Crippen molar-refractivity contribution in [3.05, 3.63) is 28.3 Å². The molecule has 1 aromatic rings. The fourth-order valence-corrected chi connectivity index (χ4v) is 3.82. The molecule has 0 saturated heterocycles. The number of nitro groups is 1. The van der Waals surface area contributed by atoms with Crippen LogP contribution in [-0.2, 0) is 10.0 Å². The summed E-state index contributed by atoms with van der Waals surface area (Å²) in [5, 5.41) is 20.4. The molecule has 9 heteroatoms. The van der Waals surface area contributed by atoms with Gasteiger partial charge in [0.05, 0.1) is 16.7 Å². The monoisotopic (exact) mass is 315 g/mol. The SMILES string of the molecule is Nc1cc([N+](=O)[O-])ccc1S(=O)(=O)NC1CCCCC1O. The molecule has 0 radical (unpaired) electrons. The second-order valence-electron chi connectivity index (χ2n) is 5.06. The normalized spacial score (nSPS) is 22.9. The van der Waals surface area contributed by atoms with E-state index in [4.69, 9.17) is 5.73 Å². The molecule has 1 aromatic carbocycles. The number of hydrogen-bond donors (Lipinski definition) is 3. The lowest BCUT2D eigenvalue weighted by atomic mass is 9.93. The smallest absolute Gasteiger partial charge is 0.271 e. The molecule has 1 saturated carbocycles. The average molecular weight is 315 g/mol. The summed E-state index contributed by atoms with van der Waals surface area (Å²) >= 11 is 0. The van der Waals surface area contributed by atoms with Gasteiger partial charge in [-0.05, 0) is 18.9 Å². The zero-order valence-electron chi connectivity index (χ0n) is 11.2. The van der Waals surface area contributed by atoms with Crippen molar-refractivity contribution in [1.82, 2.24) is 4.72 Å². The molecular formula is C12H17N3O5S. The summed E-state index contributed by atoms with van der Waals surface area (Å²) in [4.78, 5) is 9.76. The van der Waals surface area contributed by atoms with E-state index in [1.165, 1.54) is 0 Å². The van der Waals surface area contributed by atoms with E-state index in [0.29, 0.717) is 12.8 Å². The number of nitrogen functional groups attached to an aromatic ring is 1. The predicted octanol–water partition coefficient (Wildman–Crippen LogP) is 0.759. The number of rotatable bonds is 4. The van der Waals surface area contributed by atoms with Crippen LogP contribution in [0.15, 0.2) is 23.1 Å². The number of nitrogens with one attached hydrogen (secondary N) is 1. The third-order valence-electron chi connectivity index (χ3n) is 3.53. The summed E-state index contributed by atoms with van der Waals surface area (Å²) in [5.74, 6) is 0. The van der Waals surface area contributed by atoms with Gasteiger partial charge in [-0.3, -0.25) is 10.1 Å². The van der Waals surface area contributed by atoms with Crippen LogP contribution in [0.5, 0.6) is 0 Å². The van der Waals surface area contributed by atoms with Crippen molar-refractivity contribution in [3.8, 4) is 0 Å². The fraction of sp³-hybridized carbons (Fsp3) is 0.500. The molecule has 1 fully saturated rings. The fourth-order valence-electron chi connectivity index (χ4n) is 2.41. The van der Waals surface area contributed by atoms with E-state index < -0.39 is 27.1 Å². The molecule has 2 atom stereocenters. The quantitative estimate of drug-likeness (QED) is 0.426. The van der Waals surface area contributed by atoms with Crippen molar-refractivity contribution in [2.75, 3.05) is 5.73 Å². The summed E-state index contributed by atoms with van der Waals surface area (Å²) in [5.41, 5.74) is 5.13. The van der Waals surface area contributed by atoms with E-state index in [9.17, 15) is 23.6 Å². The van der Waals surface area contributed by atoms with Crippen LogP contribution in [0.1, 0.15) is 25.7 Å². The minimum absolute atomic E-state index is 0.193. The van der Waals surface area contributed by atoms with Crippen LogP contribution in [0.25, 0.3) is 0 Å². The molecule has 0 heterocycles. The molecule has 0 aromatic heterocycles. The van der Waals surface area contributed by atoms with Crippen LogP contribution in [0, 0.1) is 10.1 Å². The van der Waals surface area contributed by atoms with Crippen molar-refractivity contribution in [2.45, 2.75) is 42.7 Å². The third kappa shape index (κ3) is 3.49. The van der Waals surface area contributed by atoms with Gasteiger partial charge in [0.2, 0.25) is 10.0 Å². The molecular weight excluding hydrogens is 298 g/mol. The topological polar surface area (TPSA) is 136 Å². The summed E-state index contributed by atoms with van der Waals surface area (Å²) in [6.45, 7) is 0. The van der Waals surface area contributed by atoms with Crippen molar-refractivity contribution in [1.29, 1.82) is 0 Å². The van der Waals surface area contributed by atoms with Gasteiger partial charge in [0.1, 0.15) is 4.90 Å². The van der Waals surface area contributed by atoms with Gasteiger partial charge in [0.15, 0.2) is 0 Å². The van der Waals surface area contributed by atoms with Gasteiger partial charge in [-0.2, -0.15) is 0 Å². The Hall–Kier alpha value is -1.71. The van der Waals surface area contributed by atoms with Gasteiger partial charge in [0, 0.05) is 18.2 Å². The summed E-state index contributed by atoms with van der Waals surface area (Å²) < 4.78 is 27.0. The van der Waals surface area contributed by atoms with E-state index in [0.717, 1.165) is 31.0 Å². The first-order chi connectivity index (χ1) is 9.81. The van der Waals surface area contributed by atoms with Crippen molar-refractivity contribution in [2.24, 2.45) is 0 Å². The molecule has 21 heavy (non-hydrogen) atoms. The van der Waals surface area contributed by atoms with Gasteiger partial charge in [0.25, 0.3) is 5.69 Å². The second-order valence-corrected chi connectivity index (χ2v) is 6.74. The Morgan fingerprint density at radius 2 is 2.00 bits per heavy atom. The van der Waals surface area contributed by atoms with Crippen LogP contribution in [0.4, 0.5) is 11.4 Å². The number of sulfonamides is 1. The van der Waals surface area contributed by atoms with Gasteiger partial charge in [-0.1, -0.05) is 12.8 Å². The molecule has 0 amide bonds. The maximum atomic E-state index is 12.3. The minimum atomic E-state index is -3.92. The Balaban J connectivity index is 2.25. The molecule has 0 aliphatic heterocycles. The maximum absolute atomic E-state index is 12.3. The Morgan fingerprint density at radius 1 is 1.33 bits per heavy atom. The lowest BCUT2D eigenvalue weighted by Crippen LogP contribution is -2.45. The molecule has 8 nitrogen and oxygen atoms in total.